The summed E-state index contributed by atoms with van der Waals surface area (Å²) in [5.74, 6) is -1.26. The van der Waals surface area contributed by atoms with Gasteiger partial charge in [-0.3, -0.25) is 14.3 Å². The maximum Gasteiger partial charge on any atom is 0.253 e. The van der Waals surface area contributed by atoms with Crippen molar-refractivity contribution in [2.24, 2.45) is 7.05 Å². The van der Waals surface area contributed by atoms with Crippen molar-refractivity contribution in [1.29, 1.82) is 0 Å². The zero-order valence-corrected chi connectivity index (χ0v) is 15.6. The Bertz CT molecular complexity index is 960. The molecule has 1 fully saturated rings. The van der Waals surface area contributed by atoms with Crippen molar-refractivity contribution in [3.05, 3.63) is 64.5 Å². The molecule has 0 aliphatic heterocycles. The van der Waals surface area contributed by atoms with Gasteiger partial charge in [0, 0.05) is 25.1 Å². The maximum atomic E-state index is 13.6. The number of carbonyl (C=O) groups is 2. The molecule has 1 N–H and O–H groups in total. The van der Waals surface area contributed by atoms with Crippen molar-refractivity contribution in [2.45, 2.75) is 25.3 Å². The Labute approximate surface area is 161 Å². The molecule has 2 aromatic rings. The molecule has 0 bridgehead atoms. The number of nitrogens with zero attached hydrogens (tertiary/aromatic N) is 2. The van der Waals surface area contributed by atoms with Crippen LogP contribution in [0.5, 0.6) is 0 Å². The lowest BCUT2D eigenvalue weighted by molar-refractivity contribution is 0.0947. The monoisotopic (exact) mass is 387 g/mol. The number of hydrogen-bond donors (Lipinski definition) is 1. The average Bonchev–Trinajstić information content (AvgIpc) is 3.35. The first kappa shape index (κ1) is 19.0. The topological polar surface area (TPSA) is 64.0 Å². The fourth-order valence-corrected chi connectivity index (χ4v) is 3.08. The van der Waals surface area contributed by atoms with Gasteiger partial charge in [-0.25, -0.2) is 4.39 Å². The van der Waals surface area contributed by atoms with E-state index in [1.807, 2.05) is 0 Å². The molecule has 0 unspecified atom stereocenters. The first-order chi connectivity index (χ1) is 12.8. The van der Waals surface area contributed by atoms with E-state index >= 15 is 0 Å². The van der Waals surface area contributed by atoms with Crippen LogP contribution in [0, 0.1) is 0 Å². The zero-order chi connectivity index (χ0) is 19.7. The second-order valence-electron chi connectivity index (χ2n) is 6.51. The number of hydrogen-bond acceptors (Lipinski definition) is 3. The Morgan fingerprint density at radius 3 is 2.74 bits per heavy atom. The molecule has 1 heterocycles. The first-order valence-corrected chi connectivity index (χ1v) is 8.86. The van der Waals surface area contributed by atoms with Gasteiger partial charge < -0.3 is 5.32 Å². The molecule has 1 saturated carbocycles. The number of carbonyl (C=O) groups excluding carboxylic acids is 2. The summed E-state index contributed by atoms with van der Waals surface area (Å²) >= 11 is 6.14. The van der Waals surface area contributed by atoms with Crippen molar-refractivity contribution in [3.63, 3.8) is 0 Å². The van der Waals surface area contributed by atoms with Gasteiger partial charge in [-0.15, -0.1) is 0 Å². The molecule has 1 aliphatic rings. The lowest BCUT2D eigenvalue weighted by atomic mass is 10.0. The molecular weight excluding hydrogens is 369 g/mol. The number of halogens is 2. The third-order valence-corrected chi connectivity index (χ3v) is 4.69. The highest BCUT2D eigenvalue weighted by atomic mass is 35.5. The van der Waals surface area contributed by atoms with Gasteiger partial charge in [0.25, 0.3) is 5.91 Å². The summed E-state index contributed by atoms with van der Waals surface area (Å²) in [5, 5.41) is 7.21. The van der Waals surface area contributed by atoms with Crippen LogP contribution in [0.15, 0.2) is 31.4 Å². The third-order valence-electron chi connectivity index (χ3n) is 4.36. The van der Waals surface area contributed by atoms with Crippen LogP contribution in [0.1, 0.15) is 50.5 Å². The van der Waals surface area contributed by atoms with E-state index in [0.717, 1.165) is 12.8 Å². The van der Waals surface area contributed by atoms with Crippen LogP contribution in [0.3, 0.4) is 0 Å². The lowest BCUT2D eigenvalue weighted by Gasteiger charge is -2.09. The van der Waals surface area contributed by atoms with Crippen LogP contribution >= 0.6 is 11.6 Å². The molecular formula is C20H19ClFN3O2. The standard InChI is InChI=1S/C20H19ClFN3O2/c1-4-14-18(11(2)22)24-25(3)19(14)17(26)10-12-5-8-16(21)15(9-12)20(27)23-13-6-7-13/h4-5,8-9,13H,1-2,6-7,10H2,3H3,(H,23,27). The summed E-state index contributed by atoms with van der Waals surface area (Å²) in [6.45, 7) is 6.88. The fourth-order valence-electron chi connectivity index (χ4n) is 2.88. The summed E-state index contributed by atoms with van der Waals surface area (Å²) in [6.07, 6.45) is 3.33. The number of Topliss-reactive ketones (excluding diaryl/α,β-unsaturated/α-hetero) is 1. The molecule has 7 heteroatoms. The Kier molecular flexibility index (Phi) is 5.28. The Morgan fingerprint density at radius 2 is 2.15 bits per heavy atom. The van der Waals surface area contributed by atoms with E-state index in [1.165, 1.54) is 10.8 Å². The number of nitrogens with one attached hydrogen (secondary N) is 1. The summed E-state index contributed by atoms with van der Waals surface area (Å²) < 4.78 is 14.9. The highest BCUT2D eigenvalue weighted by molar-refractivity contribution is 6.33. The summed E-state index contributed by atoms with van der Waals surface area (Å²) in [7, 11) is 1.56. The third kappa shape index (κ3) is 4.01. The van der Waals surface area contributed by atoms with E-state index in [1.54, 1.807) is 25.2 Å². The fraction of sp³-hybridized carbons (Fsp3) is 0.250. The Morgan fingerprint density at radius 1 is 1.44 bits per heavy atom. The molecule has 0 radical (unpaired) electrons. The molecule has 1 aromatic carbocycles. The second kappa shape index (κ2) is 7.48. The number of aryl methyl sites for hydroxylation is 1. The number of rotatable bonds is 7. The minimum atomic E-state index is -0.731. The Balaban J connectivity index is 1.87. The van der Waals surface area contributed by atoms with Crippen LogP contribution in [-0.4, -0.2) is 27.5 Å². The van der Waals surface area contributed by atoms with Gasteiger partial charge in [0.15, 0.2) is 5.78 Å². The van der Waals surface area contributed by atoms with Gasteiger partial charge in [-0.05, 0) is 30.5 Å². The van der Waals surface area contributed by atoms with Gasteiger partial charge in [-0.2, -0.15) is 5.10 Å². The largest absolute Gasteiger partial charge is 0.349 e. The van der Waals surface area contributed by atoms with Crippen molar-refractivity contribution in [2.75, 3.05) is 0 Å². The van der Waals surface area contributed by atoms with Gasteiger partial charge in [0.1, 0.15) is 17.2 Å². The van der Waals surface area contributed by atoms with E-state index in [4.69, 9.17) is 11.6 Å². The molecule has 27 heavy (non-hydrogen) atoms. The lowest BCUT2D eigenvalue weighted by Crippen LogP contribution is -2.25. The van der Waals surface area contributed by atoms with E-state index in [-0.39, 0.29) is 35.5 Å². The van der Waals surface area contributed by atoms with Crippen molar-refractivity contribution in [3.8, 4) is 0 Å². The zero-order valence-electron chi connectivity index (χ0n) is 14.9. The molecule has 1 amide bonds. The SMILES string of the molecule is C=Cc1c(C(=C)F)nn(C)c1C(=O)Cc1ccc(Cl)c(C(=O)NC2CC2)c1. The molecule has 0 atom stereocenters. The Hall–Kier alpha value is -2.73. The van der Waals surface area contributed by atoms with Gasteiger partial charge in [-0.1, -0.05) is 36.9 Å². The highest BCUT2D eigenvalue weighted by Crippen LogP contribution is 2.25. The normalized spacial score (nSPS) is 13.3. The first-order valence-electron chi connectivity index (χ1n) is 8.48. The van der Waals surface area contributed by atoms with E-state index in [0.29, 0.717) is 21.7 Å². The molecule has 5 nitrogen and oxygen atoms in total. The molecule has 0 spiro atoms. The molecule has 1 aliphatic carbocycles. The minimum Gasteiger partial charge on any atom is -0.349 e. The number of ketones is 1. The van der Waals surface area contributed by atoms with Gasteiger partial charge in [0.2, 0.25) is 0 Å². The van der Waals surface area contributed by atoms with Gasteiger partial charge in [0.05, 0.1) is 10.6 Å². The predicted octanol–water partition coefficient (Wildman–Crippen LogP) is 3.97. The van der Waals surface area contributed by atoms with Gasteiger partial charge >= 0.3 is 0 Å². The van der Waals surface area contributed by atoms with Crippen molar-refractivity contribution in [1.82, 2.24) is 15.1 Å². The summed E-state index contributed by atoms with van der Waals surface area (Å²) in [5.41, 5.74) is 1.49. The van der Waals surface area contributed by atoms with Crippen LogP contribution in [0.4, 0.5) is 4.39 Å². The predicted molar refractivity (Wildman–Crippen MR) is 103 cm³/mol. The van der Waals surface area contributed by atoms with E-state index in [2.05, 4.69) is 23.6 Å². The molecule has 3 rings (SSSR count). The average molecular weight is 388 g/mol. The van der Waals surface area contributed by atoms with E-state index < -0.39 is 5.83 Å². The van der Waals surface area contributed by atoms with Crippen LogP contribution in [-0.2, 0) is 13.5 Å². The smallest absolute Gasteiger partial charge is 0.253 e. The molecule has 140 valence electrons. The van der Waals surface area contributed by atoms with Crippen LogP contribution < -0.4 is 5.32 Å². The van der Waals surface area contributed by atoms with Crippen LogP contribution in [0.25, 0.3) is 11.9 Å². The minimum absolute atomic E-state index is 0.00328. The summed E-state index contributed by atoms with van der Waals surface area (Å²) in [6, 6.07) is 5.10. The van der Waals surface area contributed by atoms with E-state index in [9.17, 15) is 14.0 Å². The van der Waals surface area contributed by atoms with Crippen molar-refractivity contribution >= 4 is 35.2 Å². The molecule has 1 aromatic heterocycles. The summed E-state index contributed by atoms with van der Waals surface area (Å²) in [4.78, 5) is 25.1. The quantitative estimate of drug-likeness (QED) is 0.731. The molecule has 0 saturated heterocycles. The number of aromatic nitrogens is 2. The number of benzene rings is 1. The number of amides is 1. The van der Waals surface area contributed by atoms with Crippen molar-refractivity contribution < 1.29 is 14.0 Å². The second-order valence-corrected chi connectivity index (χ2v) is 6.91. The highest BCUT2D eigenvalue weighted by Gasteiger charge is 2.25. The van der Waals surface area contributed by atoms with Crippen LogP contribution in [0.2, 0.25) is 5.02 Å². The maximum absolute atomic E-state index is 13.6.